The van der Waals surface area contributed by atoms with E-state index in [9.17, 15) is 0 Å². The molecule has 0 atom stereocenters. The highest BCUT2D eigenvalue weighted by atomic mass is 16.5. The first kappa shape index (κ1) is 20.3. The standard InChI is InChI=1S/C22H32N2O2/c1-17(2)25-21-9-5-19(6-10-21)15-23-13-14-24-16-20-7-11-22(12-8-20)26-18(3)4/h5-12,17-18,23-24H,13-16H2,1-4H3. The molecule has 4 nitrogen and oxygen atoms in total. The zero-order chi connectivity index (χ0) is 18.8. The summed E-state index contributed by atoms with van der Waals surface area (Å²) in [6.45, 7) is 11.7. The normalized spacial score (nSPS) is 11.2. The molecule has 2 N–H and O–H groups in total. The van der Waals surface area contributed by atoms with Gasteiger partial charge in [0.25, 0.3) is 0 Å². The molecule has 0 aromatic heterocycles. The van der Waals surface area contributed by atoms with Gasteiger partial charge in [-0.05, 0) is 63.1 Å². The smallest absolute Gasteiger partial charge is 0.119 e. The van der Waals surface area contributed by atoms with Crippen molar-refractivity contribution in [2.45, 2.75) is 53.0 Å². The largest absolute Gasteiger partial charge is 0.491 e. The van der Waals surface area contributed by atoms with Crippen molar-refractivity contribution in [1.82, 2.24) is 10.6 Å². The van der Waals surface area contributed by atoms with Crippen LogP contribution in [0.3, 0.4) is 0 Å². The van der Waals surface area contributed by atoms with Crippen LogP contribution in [0.2, 0.25) is 0 Å². The van der Waals surface area contributed by atoms with Crippen LogP contribution in [0.25, 0.3) is 0 Å². The highest BCUT2D eigenvalue weighted by Gasteiger charge is 1.99. The minimum atomic E-state index is 0.212. The average molecular weight is 357 g/mol. The van der Waals surface area contributed by atoms with E-state index in [0.29, 0.717) is 0 Å². The minimum absolute atomic E-state index is 0.212. The SMILES string of the molecule is CC(C)Oc1ccc(CNCCNCc2ccc(OC(C)C)cc2)cc1. The van der Waals surface area contributed by atoms with E-state index in [-0.39, 0.29) is 12.2 Å². The monoisotopic (exact) mass is 356 g/mol. The lowest BCUT2D eigenvalue weighted by Crippen LogP contribution is -2.26. The maximum absolute atomic E-state index is 5.66. The van der Waals surface area contributed by atoms with Gasteiger partial charge in [0.05, 0.1) is 12.2 Å². The fraction of sp³-hybridized carbons (Fsp3) is 0.455. The third-order valence-electron chi connectivity index (χ3n) is 3.73. The van der Waals surface area contributed by atoms with Crippen LogP contribution < -0.4 is 20.1 Å². The van der Waals surface area contributed by atoms with Gasteiger partial charge in [-0.15, -0.1) is 0 Å². The summed E-state index contributed by atoms with van der Waals surface area (Å²) >= 11 is 0. The first-order valence-electron chi connectivity index (χ1n) is 9.45. The Morgan fingerprint density at radius 2 is 0.962 bits per heavy atom. The molecular weight excluding hydrogens is 324 g/mol. The summed E-state index contributed by atoms with van der Waals surface area (Å²) in [4.78, 5) is 0. The van der Waals surface area contributed by atoms with Gasteiger partial charge in [-0.2, -0.15) is 0 Å². The molecule has 0 spiro atoms. The fourth-order valence-corrected chi connectivity index (χ4v) is 2.56. The second-order valence-electron chi connectivity index (χ2n) is 6.97. The Morgan fingerprint density at radius 3 is 1.27 bits per heavy atom. The number of hydrogen-bond acceptors (Lipinski definition) is 4. The molecule has 0 radical (unpaired) electrons. The number of rotatable bonds is 11. The summed E-state index contributed by atoms with van der Waals surface area (Å²) in [7, 11) is 0. The van der Waals surface area contributed by atoms with E-state index in [1.165, 1.54) is 11.1 Å². The topological polar surface area (TPSA) is 42.5 Å². The Kier molecular flexibility index (Phi) is 8.45. The summed E-state index contributed by atoms with van der Waals surface area (Å²) in [6.07, 6.45) is 0.424. The van der Waals surface area contributed by atoms with Gasteiger partial charge in [0, 0.05) is 26.2 Å². The van der Waals surface area contributed by atoms with Gasteiger partial charge >= 0.3 is 0 Å². The zero-order valence-electron chi connectivity index (χ0n) is 16.4. The van der Waals surface area contributed by atoms with Gasteiger partial charge in [0.15, 0.2) is 0 Å². The molecule has 2 aromatic rings. The maximum Gasteiger partial charge on any atom is 0.119 e. The maximum atomic E-state index is 5.66. The highest BCUT2D eigenvalue weighted by molar-refractivity contribution is 5.28. The number of hydrogen-bond donors (Lipinski definition) is 2. The van der Waals surface area contributed by atoms with E-state index < -0.39 is 0 Å². The fourth-order valence-electron chi connectivity index (χ4n) is 2.56. The molecule has 0 bridgehead atoms. The number of benzene rings is 2. The molecule has 0 aliphatic carbocycles. The van der Waals surface area contributed by atoms with Crippen molar-refractivity contribution in [3.8, 4) is 11.5 Å². The van der Waals surface area contributed by atoms with Crippen molar-refractivity contribution in [2.24, 2.45) is 0 Å². The van der Waals surface area contributed by atoms with E-state index in [0.717, 1.165) is 37.7 Å². The molecule has 0 saturated carbocycles. The first-order chi connectivity index (χ1) is 12.5. The van der Waals surface area contributed by atoms with Crippen molar-refractivity contribution in [1.29, 1.82) is 0 Å². The highest BCUT2D eigenvalue weighted by Crippen LogP contribution is 2.14. The van der Waals surface area contributed by atoms with E-state index >= 15 is 0 Å². The van der Waals surface area contributed by atoms with Crippen molar-refractivity contribution >= 4 is 0 Å². The number of nitrogens with one attached hydrogen (secondary N) is 2. The third kappa shape index (κ3) is 7.89. The molecule has 0 unspecified atom stereocenters. The lowest BCUT2D eigenvalue weighted by Gasteiger charge is -2.11. The molecular formula is C22H32N2O2. The first-order valence-corrected chi connectivity index (χ1v) is 9.45. The average Bonchev–Trinajstić information content (AvgIpc) is 2.60. The molecule has 0 fully saturated rings. The van der Waals surface area contributed by atoms with E-state index in [1.54, 1.807) is 0 Å². The zero-order valence-corrected chi connectivity index (χ0v) is 16.4. The summed E-state index contributed by atoms with van der Waals surface area (Å²) < 4.78 is 11.3. The van der Waals surface area contributed by atoms with Crippen LogP contribution in [0.1, 0.15) is 38.8 Å². The summed E-state index contributed by atoms with van der Waals surface area (Å²) in [5.41, 5.74) is 2.53. The molecule has 0 saturated heterocycles. The molecule has 4 heteroatoms. The van der Waals surface area contributed by atoms with E-state index in [2.05, 4.69) is 34.9 Å². The van der Waals surface area contributed by atoms with Gasteiger partial charge in [-0.1, -0.05) is 24.3 Å². The predicted molar refractivity (Wildman–Crippen MR) is 108 cm³/mol. The Hall–Kier alpha value is -2.04. The molecule has 0 amide bonds. The molecule has 0 aliphatic rings. The second-order valence-corrected chi connectivity index (χ2v) is 6.97. The molecule has 0 heterocycles. The Bertz CT molecular complexity index is 564. The van der Waals surface area contributed by atoms with Gasteiger partial charge < -0.3 is 20.1 Å². The van der Waals surface area contributed by atoms with Crippen LogP contribution in [0, 0.1) is 0 Å². The Balaban J connectivity index is 1.59. The minimum Gasteiger partial charge on any atom is -0.491 e. The van der Waals surface area contributed by atoms with Crippen molar-refractivity contribution in [3.05, 3.63) is 59.7 Å². The molecule has 2 aromatic carbocycles. The van der Waals surface area contributed by atoms with E-state index in [4.69, 9.17) is 9.47 Å². The summed E-state index contributed by atoms with van der Waals surface area (Å²) in [5, 5.41) is 6.91. The van der Waals surface area contributed by atoms with Crippen LogP contribution in [-0.2, 0) is 13.1 Å². The van der Waals surface area contributed by atoms with E-state index in [1.807, 2.05) is 52.0 Å². The van der Waals surface area contributed by atoms with Crippen LogP contribution in [0.5, 0.6) is 11.5 Å². The molecule has 2 rings (SSSR count). The van der Waals surface area contributed by atoms with Gasteiger partial charge in [0.2, 0.25) is 0 Å². The van der Waals surface area contributed by atoms with Crippen LogP contribution in [0.4, 0.5) is 0 Å². The summed E-state index contributed by atoms with van der Waals surface area (Å²) in [5.74, 6) is 1.85. The quantitative estimate of drug-likeness (QED) is 0.594. The third-order valence-corrected chi connectivity index (χ3v) is 3.73. The predicted octanol–water partition coefficient (Wildman–Crippen LogP) is 4.14. The lowest BCUT2D eigenvalue weighted by atomic mass is 10.2. The second kappa shape index (κ2) is 10.8. The number of ether oxygens (including phenoxy) is 2. The summed E-state index contributed by atoms with van der Waals surface area (Å²) in [6, 6.07) is 16.6. The van der Waals surface area contributed by atoms with Crippen molar-refractivity contribution in [2.75, 3.05) is 13.1 Å². The van der Waals surface area contributed by atoms with Gasteiger partial charge in [-0.25, -0.2) is 0 Å². The van der Waals surface area contributed by atoms with Crippen LogP contribution >= 0.6 is 0 Å². The molecule has 0 aliphatic heterocycles. The molecule has 26 heavy (non-hydrogen) atoms. The van der Waals surface area contributed by atoms with Gasteiger partial charge in [0.1, 0.15) is 11.5 Å². The lowest BCUT2D eigenvalue weighted by molar-refractivity contribution is 0.242. The van der Waals surface area contributed by atoms with Crippen molar-refractivity contribution in [3.63, 3.8) is 0 Å². The molecule has 142 valence electrons. The van der Waals surface area contributed by atoms with Gasteiger partial charge in [-0.3, -0.25) is 0 Å². The Labute approximate surface area is 157 Å². The van der Waals surface area contributed by atoms with Crippen LogP contribution in [0.15, 0.2) is 48.5 Å². The Morgan fingerprint density at radius 1 is 0.615 bits per heavy atom. The van der Waals surface area contributed by atoms with Crippen molar-refractivity contribution < 1.29 is 9.47 Å². The van der Waals surface area contributed by atoms with Crippen LogP contribution in [-0.4, -0.2) is 25.3 Å².